The number of nitrogens with two attached hydrogens (primary N) is 1. The lowest BCUT2D eigenvalue weighted by Crippen LogP contribution is -1.94. The molecular formula is C13H16FN3OS. The third kappa shape index (κ3) is 3.96. The van der Waals surface area contributed by atoms with Crippen LogP contribution in [-0.2, 0) is 12.2 Å². The van der Waals surface area contributed by atoms with E-state index in [0.717, 1.165) is 6.42 Å². The summed E-state index contributed by atoms with van der Waals surface area (Å²) in [6.07, 6.45) is 0.764. The van der Waals surface area contributed by atoms with Crippen molar-refractivity contribution in [3.05, 3.63) is 35.7 Å². The number of nitrogens with zero attached hydrogens (tertiary/aromatic N) is 2. The van der Waals surface area contributed by atoms with Crippen LogP contribution in [0.4, 0.5) is 10.1 Å². The number of rotatable bonds is 5. The maximum atomic E-state index is 13.1. The lowest BCUT2D eigenvalue weighted by molar-refractivity contribution is 0.360. The predicted octanol–water partition coefficient (Wildman–Crippen LogP) is 3.28. The Kier molecular flexibility index (Phi) is 4.42. The normalized spacial score (nSPS) is 11.2. The summed E-state index contributed by atoms with van der Waals surface area (Å²) in [4.78, 5) is 4.97. The van der Waals surface area contributed by atoms with Crippen molar-refractivity contribution in [1.29, 1.82) is 0 Å². The highest BCUT2D eigenvalue weighted by atomic mass is 32.2. The van der Waals surface area contributed by atoms with Gasteiger partial charge in [-0.1, -0.05) is 19.0 Å². The van der Waals surface area contributed by atoms with Gasteiger partial charge >= 0.3 is 0 Å². The van der Waals surface area contributed by atoms with Crippen molar-refractivity contribution in [3.63, 3.8) is 0 Å². The van der Waals surface area contributed by atoms with Crippen molar-refractivity contribution in [1.82, 2.24) is 10.1 Å². The van der Waals surface area contributed by atoms with E-state index >= 15 is 0 Å². The lowest BCUT2D eigenvalue weighted by atomic mass is 10.1. The molecule has 0 saturated carbocycles. The maximum Gasteiger partial charge on any atom is 0.226 e. The number of aromatic nitrogens is 2. The second kappa shape index (κ2) is 6.06. The molecule has 102 valence electrons. The molecule has 0 radical (unpaired) electrons. The van der Waals surface area contributed by atoms with Gasteiger partial charge < -0.3 is 10.3 Å². The van der Waals surface area contributed by atoms with Crippen molar-refractivity contribution in [3.8, 4) is 0 Å². The molecule has 0 fully saturated rings. The van der Waals surface area contributed by atoms with Crippen molar-refractivity contribution in [2.45, 2.75) is 30.9 Å². The molecule has 0 atom stereocenters. The summed E-state index contributed by atoms with van der Waals surface area (Å²) in [5.74, 6) is 1.92. The van der Waals surface area contributed by atoms with E-state index in [1.165, 1.54) is 23.9 Å². The number of halogens is 1. The summed E-state index contributed by atoms with van der Waals surface area (Å²) in [6, 6.07) is 4.31. The average molecular weight is 281 g/mol. The van der Waals surface area contributed by atoms with Gasteiger partial charge in [0, 0.05) is 17.0 Å². The summed E-state index contributed by atoms with van der Waals surface area (Å²) in [5.41, 5.74) is 6.33. The zero-order valence-electron chi connectivity index (χ0n) is 10.9. The molecule has 19 heavy (non-hydrogen) atoms. The first-order valence-corrected chi connectivity index (χ1v) is 7.02. The van der Waals surface area contributed by atoms with Crippen LogP contribution < -0.4 is 5.73 Å². The molecule has 1 heterocycles. The molecule has 0 saturated heterocycles. The molecule has 0 aliphatic rings. The SMILES string of the molecule is CC(C)Cc1nc(CSc2cc(F)ccc2N)no1. The van der Waals surface area contributed by atoms with Gasteiger partial charge in [-0.25, -0.2) is 4.39 Å². The van der Waals surface area contributed by atoms with Gasteiger partial charge in [0.15, 0.2) is 5.82 Å². The zero-order chi connectivity index (χ0) is 13.8. The fourth-order valence-electron chi connectivity index (χ4n) is 1.56. The Morgan fingerprint density at radius 3 is 2.95 bits per heavy atom. The van der Waals surface area contributed by atoms with Gasteiger partial charge in [0.1, 0.15) is 5.82 Å². The molecule has 0 bridgehead atoms. The summed E-state index contributed by atoms with van der Waals surface area (Å²) in [5, 5.41) is 3.89. The fourth-order valence-corrected chi connectivity index (χ4v) is 2.39. The molecule has 1 aromatic carbocycles. The first-order chi connectivity index (χ1) is 9.04. The van der Waals surface area contributed by atoms with E-state index in [9.17, 15) is 4.39 Å². The van der Waals surface area contributed by atoms with E-state index in [2.05, 4.69) is 24.0 Å². The predicted molar refractivity (Wildman–Crippen MR) is 73.2 cm³/mol. The van der Waals surface area contributed by atoms with E-state index in [1.807, 2.05) is 0 Å². The van der Waals surface area contributed by atoms with Crippen LogP contribution in [-0.4, -0.2) is 10.1 Å². The Morgan fingerprint density at radius 2 is 2.21 bits per heavy atom. The minimum absolute atomic E-state index is 0.301. The van der Waals surface area contributed by atoms with E-state index in [-0.39, 0.29) is 5.82 Å². The van der Waals surface area contributed by atoms with Crippen LogP contribution in [0.2, 0.25) is 0 Å². The van der Waals surface area contributed by atoms with Crippen molar-refractivity contribution in [2.75, 3.05) is 5.73 Å². The van der Waals surface area contributed by atoms with E-state index in [1.54, 1.807) is 6.07 Å². The van der Waals surface area contributed by atoms with Gasteiger partial charge in [0.2, 0.25) is 5.89 Å². The van der Waals surface area contributed by atoms with E-state index < -0.39 is 0 Å². The van der Waals surface area contributed by atoms with Gasteiger partial charge in [-0.15, -0.1) is 11.8 Å². The highest BCUT2D eigenvalue weighted by molar-refractivity contribution is 7.98. The van der Waals surface area contributed by atoms with Crippen LogP contribution in [0.25, 0.3) is 0 Å². The number of hydrogen-bond acceptors (Lipinski definition) is 5. The zero-order valence-corrected chi connectivity index (χ0v) is 11.7. The molecule has 4 nitrogen and oxygen atoms in total. The van der Waals surface area contributed by atoms with Crippen LogP contribution in [0.1, 0.15) is 25.6 Å². The quantitative estimate of drug-likeness (QED) is 0.673. The van der Waals surface area contributed by atoms with Gasteiger partial charge in [-0.05, 0) is 24.1 Å². The van der Waals surface area contributed by atoms with Crippen LogP contribution in [0.3, 0.4) is 0 Å². The molecule has 0 spiro atoms. The van der Waals surface area contributed by atoms with Gasteiger partial charge in [-0.3, -0.25) is 0 Å². The summed E-state index contributed by atoms with van der Waals surface area (Å²) >= 11 is 1.40. The third-order valence-electron chi connectivity index (χ3n) is 2.43. The standard InChI is InChI=1S/C13H16FN3OS/c1-8(2)5-13-16-12(17-18-13)7-19-11-6-9(14)3-4-10(11)15/h3-4,6,8H,5,7,15H2,1-2H3. The van der Waals surface area contributed by atoms with Crippen LogP contribution >= 0.6 is 11.8 Å². The lowest BCUT2D eigenvalue weighted by Gasteiger charge is -2.03. The van der Waals surface area contributed by atoms with Crippen LogP contribution in [0, 0.1) is 11.7 Å². The Labute approximate surface area is 115 Å². The molecular weight excluding hydrogens is 265 g/mol. The molecule has 0 amide bonds. The summed E-state index contributed by atoms with van der Waals surface area (Å²) in [6.45, 7) is 4.18. The molecule has 0 aliphatic carbocycles. The molecule has 2 rings (SSSR count). The number of hydrogen-bond donors (Lipinski definition) is 1. The van der Waals surface area contributed by atoms with E-state index in [4.69, 9.17) is 10.3 Å². The van der Waals surface area contributed by atoms with Crippen LogP contribution in [0.5, 0.6) is 0 Å². The first-order valence-electron chi connectivity index (χ1n) is 6.04. The van der Waals surface area contributed by atoms with Gasteiger partial charge in [0.25, 0.3) is 0 Å². The van der Waals surface area contributed by atoms with Crippen LogP contribution in [0.15, 0.2) is 27.6 Å². The fraction of sp³-hybridized carbons (Fsp3) is 0.385. The Hall–Kier alpha value is -1.56. The molecule has 6 heteroatoms. The molecule has 2 N–H and O–H groups in total. The molecule has 0 aliphatic heterocycles. The molecule has 1 aromatic heterocycles. The van der Waals surface area contributed by atoms with Gasteiger partial charge in [0.05, 0.1) is 5.75 Å². The summed E-state index contributed by atoms with van der Waals surface area (Å²) in [7, 11) is 0. The summed E-state index contributed by atoms with van der Waals surface area (Å²) < 4.78 is 18.2. The van der Waals surface area contributed by atoms with Crippen molar-refractivity contribution in [2.24, 2.45) is 5.92 Å². The Bertz CT molecular complexity index is 557. The topological polar surface area (TPSA) is 64.9 Å². The smallest absolute Gasteiger partial charge is 0.226 e. The largest absolute Gasteiger partial charge is 0.398 e. The highest BCUT2D eigenvalue weighted by Gasteiger charge is 2.09. The number of benzene rings is 1. The third-order valence-corrected chi connectivity index (χ3v) is 3.49. The first kappa shape index (κ1) is 13.9. The Morgan fingerprint density at radius 1 is 1.42 bits per heavy atom. The number of anilines is 1. The second-order valence-corrected chi connectivity index (χ2v) is 5.69. The van der Waals surface area contributed by atoms with Gasteiger partial charge in [-0.2, -0.15) is 4.98 Å². The Balaban J connectivity index is 1.98. The maximum absolute atomic E-state index is 13.1. The van der Waals surface area contributed by atoms with Crippen molar-refractivity contribution < 1.29 is 8.91 Å². The van der Waals surface area contributed by atoms with Crippen molar-refractivity contribution >= 4 is 17.4 Å². The number of nitrogen functional groups attached to an aromatic ring is 1. The average Bonchev–Trinajstić information content (AvgIpc) is 2.77. The minimum Gasteiger partial charge on any atom is -0.398 e. The molecule has 2 aromatic rings. The minimum atomic E-state index is -0.301. The van der Waals surface area contributed by atoms with E-state index in [0.29, 0.717) is 34.0 Å². The monoisotopic (exact) mass is 281 g/mol. The molecule has 0 unspecified atom stereocenters. The highest BCUT2D eigenvalue weighted by Crippen LogP contribution is 2.28. The number of thioether (sulfide) groups is 1. The second-order valence-electron chi connectivity index (χ2n) is 4.67.